The van der Waals surface area contributed by atoms with Gasteiger partial charge in [-0.05, 0) is 37.1 Å². The van der Waals surface area contributed by atoms with Crippen molar-refractivity contribution in [3.8, 4) is 11.5 Å². The van der Waals surface area contributed by atoms with E-state index in [1.807, 2.05) is 48.0 Å². The summed E-state index contributed by atoms with van der Waals surface area (Å²) in [6.45, 7) is 1.17. The average Bonchev–Trinajstić information content (AvgIpc) is 2.81. The van der Waals surface area contributed by atoms with Crippen LogP contribution in [-0.2, 0) is 7.05 Å². The van der Waals surface area contributed by atoms with E-state index in [9.17, 15) is 9.59 Å². The number of aromatic nitrogens is 1. The molecule has 1 aromatic heterocycles. The average molecular weight is 421 g/mol. The molecule has 0 bridgehead atoms. The Kier molecular flexibility index (Phi) is 5.84. The molecule has 162 valence electrons. The van der Waals surface area contributed by atoms with Gasteiger partial charge in [-0.3, -0.25) is 9.59 Å². The Bertz CT molecular complexity index is 1170. The number of likely N-dealkylation sites (tertiary alicyclic amines) is 1. The molecule has 0 radical (unpaired) electrons. The molecule has 2 aromatic carbocycles. The summed E-state index contributed by atoms with van der Waals surface area (Å²) in [5, 5.41) is 4.05. The summed E-state index contributed by atoms with van der Waals surface area (Å²) in [6, 6.07) is 13.1. The Labute approximate surface area is 181 Å². The van der Waals surface area contributed by atoms with Crippen LogP contribution in [0.25, 0.3) is 10.9 Å². The Morgan fingerprint density at radius 2 is 1.87 bits per heavy atom. The van der Waals surface area contributed by atoms with Gasteiger partial charge in [-0.15, -0.1) is 0 Å². The topological polar surface area (TPSA) is 72.8 Å². The molecule has 1 fully saturated rings. The maximum absolute atomic E-state index is 13.2. The van der Waals surface area contributed by atoms with Crippen molar-refractivity contribution in [2.75, 3.05) is 32.6 Å². The summed E-state index contributed by atoms with van der Waals surface area (Å²) in [6.07, 6.45) is 3.46. The van der Waals surface area contributed by atoms with Crippen LogP contribution >= 0.6 is 0 Å². The number of pyridine rings is 1. The quantitative estimate of drug-likeness (QED) is 0.685. The minimum absolute atomic E-state index is 0.0834. The second kappa shape index (κ2) is 8.71. The molecule has 4 rings (SSSR count). The second-order valence-corrected chi connectivity index (χ2v) is 7.80. The summed E-state index contributed by atoms with van der Waals surface area (Å²) < 4.78 is 12.5. The number of rotatable bonds is 5. The van der Waals surface area contributed by atoms with Crippen LogP contribution in [0.3, 0.4) is 0 Å². The number of carbonyl (C=O) groups is 1. The summed E-state index contributed by atoms with van der Waals surface area (Å²) >= 11 is 0. The fraction of sp³-hybridized carbons (Fsp3) is 0.333. The Morgan fingerprint density at radius 3 is 2.65 bits per heavy atom. The van der Waals surface area contributed by atoms with Crippen molar-refractivity contribution in [3.63, 3.8) is 0 Å². The summed E-state index contributed by atoms with van der Waals surface area (Å²) in [5.41, 5.74) is 1.72. The van der Waals surface area contributed by atoms with Gasteiger partial charge in [0.1, 0.15) is 5.56 Å². The van der Waals surface area contributed by atoms with Crippen molar-refractivity contribution < 1.29 is 14.3 Å². The first kappa shape index (κ1) is 20.8. The zero-order valence-corrected chi connectivity index (χ0v) is 18.1. The van der Waals surface area contributed by atoms with Crippen LogP contribution in [0.4, 0.5) is 5.69 Å². The van der Waals surface area contributed by atoms with E-state index in [4.69, 9.17) is 9.47 Å². The first-order valence-corrected chi connectivity index (χ1v) is 10.4. The normalized spacial score (nSPS) is 16.2. The minimum atomic E-state index is -0.217. The van der Waals surface area contributed by atoms with E-state index in [0.717, 1.165) is 24.0 Å². The monoisotopic (exact) mass is 421 g/mol. The zero-order valence-electron chi connectivity index (χ0n) is 18.1. The van der Waals surface area contributed by atoms with E-state index in [2.05, 4.69) is 5.32 Å². The number of carbonyl (C=O) groups excluding carboxylic acids is 1. The van der Waals surface area contributed by atoms with Crippen molar-refractivity contribution in [2.45, 2.75) is 18.9 Å². The van der Waals surface area contributed by atoms with Crippen molar-refractivity contribution in [1.29, 1.82) is 0 Å². The smallest absolute Gasteiger partial charge is 0.259 e. The fourth-order valence-electron chi connectivity index (χ4n) is 4.20. The number of hydrogen-bond donors (Lipinski definition) is 1. The van der Waals surface area contributed by atoms with E-state index in [0.29, 0.717) is 30.0 Å². The van der Waals surface area contributed by atoms with E-state index < -0.39 is 0 Å². The largest absolute Gasteiger partial charge is 0.493 e. The molecule has 0 unspecified atom stereocenters. The number of benzene rings is 2. The van der Waals surface area contributed by atoms with Crippen LogP contribution in [-0.4, -0.2) is 48.7 Å². The number of nitrogens with one attached hydrogen (secondary N) is 1. The number of anilines is 1. The van der Waals surface area contributed by atoms with E-state index in [1.54, 1.807) is 31.4 Å². The van der Waals surface area contributed by atoms with Gasteiger partial charge in [0.25, 0.3) is 5.91 Å². The standard InChI is InChI=1S/C24H27N3O4/c1-26-15-19(23(28)18-8-4-5-9-20(18)26)24(29)27-12-6-7-17(14-27)25-16-10-11-21(30-2)22(13-16)31-3/h4-5,8-11,13,15,17,25H,6-7,12,14H2,1-3H3/t17-/m0/s1. The van der Waals surface area contributed by atoms with E-state index in [-0.39, 0.29) is 22.9 Å². The molecule has 3 aromatic rings. The molecule has 7 nitrogen and oxygen atoms in total. The lowest BCUT2D eigenvalue weighted by atomic mass is 10.0. The third-order valence-electron chi connectivity index (χ3n) is 5.79. The third kappa shape index (κ3) is 4.08. The van der Waals surface area contributed by atoms with Gasteiger partial charge < -0.3 is 24.3 Å². The molecule has 1 amide bonds. The number of methoxy groups -OCH3 is 2. The van der Waals surface area contributed by atoms with Crippen LogP contribution in [0.15, 0.2) is 53.5 Å². The molecular formula is C24H27N3O4. The number of aryl methyl sites for hydroxylation is 1. The number of fused-ring (bicyclic) bond motifs is 1. The highest BCUT2D eigenvalue weighted by Crippen LogP contribution is 2.30. The molecule has 0 saturated carbocycles. The van der Waals surface area contributed by atoms with Gasteiger partial charge >= 0.3 is 0 Å². The molecule has 1 atom stereocenters. The molecule has 7 heteroatoms. The van der Waals surface area contributed by atoms with Gasteiger partial charge in [-0.1, -0.05) is 12.1 Å². The van der Waals surface area contributed by atoms with Gasteiger partial charge in [0.05, 0.1) is 19.7 Å². The van der Waals surface area contributed by atoms with Gasteiger partial charge in [0, 0.05) is 49.5 Å². The second-order valence-electron chi connectivity index (χ2n) is 7.80. The minimum Gasteiger partial charge on any atom is -0.493 e. The van der Waals surface area contributed by atoms with Gasteiger partial charge in [0.15, 0.2) is 11.5 Å². The number of amides is 1. The van der Waals surface area contributed by atoms with Crippen molar-refractivity contribution in [1.82, 2.24) is 9.47 Å². The van der Waals surface area contributed by atoms with Crippen molar-refractivity contribution in [2.24, 2.45) is 7.05 Å². The Hall–Kier alpha value is -3.48. The predicted molar refractivity (Wildman–Crippen MR) is 121 cm³/mol. The van der Waals surface area contributed by atoms with Gasteiger partial charge in [-0.2, -0.15) is 0 Å². The van der Waals surface area contributed by atoms with Crippen molar-refractivity contribution in [3.05, 3.63) is 64.4 Å². The lowest BCUT2D eigenvalue weighted by molar-refractivity contribution is 0.0713. The molecule has 1 aliphatic rings. The lowest BCUT2D eigenvalue weighted by Crippen LogP contribution is -2.46. The number of hydrogen-bond acceptors (Lipinski definition) is 5. The highest BCUT2D eigenvalue weighted by Gasteiger charge is 2.27. The van der Waals surface area contributed by atoms with Crippen LogP contribution in [0.2, 0.25) is 0 Å². The fourth-order valence-corrected chi connectivity index (χ4v) is 4.20. The van der Waals surface area contributed by atoms with Crippen LogP contribution < -0.4 is 20.2 Å². The third-order valence-corrected chi connectivity index (χ3v) is 5.79. The van der Waals surface area contributed by atoms with Crippen LogP contribution in [0.1, 0.15) is 23.2 Å². The molecule has 0 spiro atoms. The van der Waals surface area contributed by atoms with Crippen molar-refractivity contribution >= 4 is 22.5 Å². The van der Waals surface area contributed by atoms with E-state index in [1.165, 1.54) is 0 Å². The Balaban J connectivity index is 1.54. The molecule has 1 saturated heterocycles. The van der Waals surface area contributed by atoms with Crippen LogP contribution in [0.5, 0.6) is 11.5 Å². The molecule has 1 aliphatic heterocycles. The molecule has 31 heavy (non-hydrogen) atoms. The van der Waals surface area contributed by atoms with Gasteiger partial charge in [-0.25, -0.2) is 0 Å². The lowest BCUT2D eigenvalue weighted by Gasteiger charge is -2.34. The number of para-hydroxylation sites is 1. The maximum Gasteiger partial charge on any atom is 0.259 e. The molecular weight excluding hydrogens is 394 g/mol. The maximum atomic E-state index is 13.2. The van der Waals surface area contributed by atoms with Crippen LogP contribution in [0, 0.1) is 0 Å². The molecule has 1 N–H and O–H groups in total. The highest BCUT2D eigenvalue weighted by atomic mass is 16.5. The highest BCUT2D eigenvalue weighted by molar-refractivity contribution is 5.97. The number of piperidine rings is 1. The summed E-state index contributed by atoms with van der Waals surface area (Å²) in [7, 11) is 5.07. The molecule has 2 heterocycles. The first-order valence-electron chi connectivity index (χ1n) is 10.4. The number of ether oxygens (including phenoxy) is 2. The van der Waals surface area contributed by atoms with Gasteiger partial charge in [0.2, 0.25) is 5.43 Å². The summed E-state index contributed by atoms with van der Waals surface area (Å²) in [4.78, 5) is 28.0. The Morgan fingerprint density at radius 1 is 1.10 bits per heavy atom. The number of nitrogens with zero attached hydrogens (tertiary/aromatic N) is 2. The predicted octanol–water partition coefficient (Wildman–Crippen LogP) is 3.27. The molecule has 0 aliphatic carbocycles. The summed E-state index contributed by atoms with van der Waals surface area (Å²) in [5.74, 6) is 1.10. The van der Waals surface area contributed by atoms with E-state index >= 15 is 0 Å². The first-order chi connectivity index (χ1) is 15.0. The SMILES string of the molecule is COc1ccc(N[C@H]2CCCN(C(=O)c3cn(C)c4ccccc4c3=O)C2)cc1OC. The zero-order chi connectivity index (χ0) is 22.0.